The largest absolute Gasteiger partial charge is 0.484 e. The number of aromatic nitrogens is 5. The van der Waals surface area contributed by atoms with Crippen molar-refractivity contribution in [3.8, 4) is 28.1 Å². The lowest BCUT2D eigenvalue weighted by Crippen LogP contribution is -2.54. The number of sulfonamides is 1. The lowest BCUT2D eigenvalue weighted by Gasteiger charge is -2.45. The first-order valence-electron chi connectivity index (χ1n) is 23.8. The Hall–Kier alpha value is -7.82. The van der Waals surface area contributed by atoms with Crippen LogP contribution in [0.15, 0.2) is 79.3 Å². The van der Waals surface area contributed by atoms with Gasteiger partial charge in [-0.25, -0.2) is 17.8 Å². The molecule has 378 valence electrons. The molecular weight excluding hydrogens is 972 g/mol. The molecule has 2 unspecified atom stereocenters. The predicted octanol–water partition coefficient (Wildman–Crippen LogP) is 6.31. The number of alkyl halides is 2. The molecule has 4 fully saturated rings. The molecule has 73 heavy (non-hydrogen) atoms. The maximum absolute atomic E-state index is 14.1. The molecule has 23 heteroatoms. The number of likely N-dealkylation sites (tertiary alicyclic amines) is 1. The Bertz CT molecular complexity index is 3410. The zero-order valence-electron chi connectivity index (χ0n) is 39.3. The topological polar surface area (TPSA) is 246 Å². The van der Waals surface area contributed by atoms with Crippen LogP contribution in [0.4, 0.5) is 30.4 Å². The van der Waals surface area contributed by atoms with Crippen LogP contribution >= 0.6 is 0 Å². The van der Waals surface area contributed by atoms with Gasteiger partial charge in [0.05, 0.1) is 40.0 Å². The summed E-state index contributed by atoms with van der Waals surface area (Å²) < 4.78 is 77.0. The van der Waals surface area contributed by atoms with E-state index in [1.165, 1.54) is 42.5 Å². The average molecular weight is 1020 g/mol. The number of amides is 5. The number of rotatable bonds is 13. The second-order valence-corrected chi connectivity index (χ2v) is 21.1. The summed E-state index contributed by atoms with van der Waals surface area (Å²) in [6.45, 7) is 2.19. The highest BCUT2D eigenvalue weighted by Gasteiger charge is 2.56. The fraction of sp³-hybridized carbons (Fsp3) is 0.360. The Morgan fingerprint density at radius 1 is 0.959 bits per heavy atom. The van der Waals surface area contributed by atoms with Gasteiger partial charge in [0, 0.05) is 72.3 Å². The van der Waals surface area contributed by atoms with Gasteiger partial charge in [-0.1, -0.05) is 24.3 Å². The molecule has 1 spiro atoms. The molecule has 11 rings (SSSR count). The number of nitrogens with one attached hydrogen (secondary N) is 3. The van der Waals surface area contributed by atoms with Crippen LogP contribution in [0.2, 0.25) is 0 Å². The molecule has 3 aromatic heterocycles. The third-order valence-corrected chi connectivity index (χ3v) is 15.8. The number of imide groups is 2. The summed E-state index contributed by atoms with van der Waals surface area (Å²) >= 11 is 0. The minimum absolute atomic E-state index is 0.00710. The third-order valence-electron chi connectivity index (χ3n) is 14.8. The Balaban J connectivity index is 0.777. The van der Waals surface area contributed by atoms with E-state index in [1.807, 2.05) is 20.5 Å². The predicted molar refractivity (Wildman–Crippen MR) is 259 cm³/mol. The van der Waals surface area contributed by atoms with E-state index in [4.69, 9.17) is 20.7 Å². The third kappa shape index (κ3) is 8.37. The molecule has 6 heterocycles. The smallest absolute Gasteiger partial charge is 0.355 e. The average Bonchev–Trinajstić information content (AvgIpc) is 3.63. The fourth-order valence-corrected chi connectivity index (χ4v) is 11.4. The van der Waals surface area contributed by atoms with Crippen molar-refractivity contribution in [1.29, 1.82) is 0 Å². The van der Waals surface area contributed by atoms with Gasteiger partial charge in [-0.2, -0.15) is 19.0 Å². The van der Waals surface area contributed by atoms with Crippen LogP contribution in [0.1, 0.15) is 96.7 Å². The van der Waals surface area contributed by atoms with Crippen molar-refractivity contribution in [2.75, 3.05) is 22.3 Å². The zero-order chi connectivity index (χ0) is 51.2. The lowest BCUT2D eigenvalue weighted by atomic mass is 9.78. The number of nitrogens with two attached hydrogens (primary N) is 1. The van der Waals surface area contributed by atoms with Gasteiger partial charge < -0.3 is 20.7 Å². The maximum Gasteiger partial charge on any atom is 0.355 e. The number of aryl methyl sites for hydroxylation is 1. The number of pyridine rings is 1. The summed E-state index contributed by atoms with van der Waals surface area (Å²) in [5.74, 6) is -6.57. The number of benzene rings is 3. The van der Waals surface area contributed by atoms with Crippen LogP contribution < -0.4 is 25.8 Å². The number of anilines is 3. The molecule has 2 saturated carbocycles. The Labute approximate surface area is 415 Å². The highest BCUT2D eigenvalue weighted by atomic mass is 32.2. The molecule has 5 N–H and O–H groups in total. The van der Waals surface area contributed by atoms with Crippen LogP contribution in [0.25, 0.3) is 33.3 Å². The van der Waals surface area contributed by atoms with Gasteiger partial charge in [-0.3, -0.25) is 48.3 Å². The van der Waals surface area contributed by atoms with Crippen LogP contribution in [0.5, 0.6) is 5.75 Å². The molecule has 0 bridgehead atoms. The van der Waals surface area contributed by atoms with E-state index in [0.29, 0.717) is 71.2 Å². The summed E-state index contributed by atoms with van der Waals surface area (Å²) in [5.41, 5.74) is 10.2. The molecular formula is C50H48F3N11O8S. The second kappa shape index (κ2) is 17.7. The number of fused-ring (bicyclic) bond motifs is 2. The van der Waals surface area contributed by atoms with E-state index in [0.717, 1.165) is 23.3 Å². The van der Waals surface area contributed by atoms with Crippen LogP contribution in [-0.4, -0.2) is 102 Å². The van der Waals surface area contributed by atoms with Gasteiger partial charge in [0.15, 0.2) is 0 Å². The molecule has 3 aromatic carbocycles. The number of piperidine rings is 2. The first-order valence-corrected chi connectivity index (χ1v) is 25.4. The Morgan fingerprint density at radius 3 is 2.45 bits per heavy atom. The van der Waals surface area contributed by atoms with Gasteiger partial charge in [-0.15, -0.1) is 0 Å². The van der Waals surface area contributed by atoms with E-state index >= 15 is 0 Å². The number of hydrogen-bond donors (Lipinski definition) is 4. The van der Waals surface area contributed by atoms with Crippen molar-refractivity contribution in [2.24, 2.45) is 13.0 Å². The highest BCUT2D eigenvalue weighted by Crippen LogP contribution is 2.53. The fourth-order valence-electron chi connectivity index (χ4n) is 10.8. The summed E-state index contributed by atoms with van der Waals surface area (Å²) in [5, 5.41) is 15.7. The lowest BCUT2D eigenvalue weighted by molar-refractivity contribution is -0.144. The Morgan fingerprint density at radius 2 is 1.73 bits per heavy atom. The quantitative estimate of drug-likeness (QED) is 0.0928. The van der Waals surface area contributed by atoms with E-state index < -0.39 is 57.4 Å². The van der Waals surface area contributed by atoms with Crippen LogP contribution in [0, 0.1) is 11.7 Å². The molecule has 3 atom stereocenters. The van der Waals surface area contributed by atoms with Crippen molar-refractivity contribution in [3.05, 3.63) is 102 Å². The van der Waals surface area contributed by atoms with Crippen molar-refractivity contribution in [1.82, 2.24) is 39.7 Å². The number of hydrogen-bond acceptors (Lipinski definition) is 13. The number of carbonyl (C=O) groups excluding carboxylic acids is 5. The second-order valence-electron chi connectivity index (χ2n) is 19.4. The maximum atomic E-state index is 14.1. The van der Waals surface area contributed by atoms with Gasteiger partial charge in [0.1, 0.15) is 35.2 Å². The molecule has 19 nitrogen and oxygen atoms in total. The van der Waals surface area contributed by atoms with Crippen LogP contribution in [-0.2, 0) is 31.5 Å². The number of nitrogen functional groups attached to an aromatic ring is 1. The normalized spacial score (nSPS) is 21.8. The minimum atomic E-state index is -5.09. The molecule has 5 amide bonds. The Kier molecular flexibility index (Phi) is 11.5. The molecule has 2 saturated heterocycles. The van der Waals surface area contributed by atoms with Crippen molar-refractivity contribution in [2.45, 2.75) is 93.8 Å². The van der Waals surface area contributed by atoms with Gasteiger partial charge >= 0.3 is 5.76 Å². The minimum Gasteiger partial charge on any atom is -0.484 e. The number of nitrogens with zero attached hydrogens (tertiary/aromatic N) is 7. The number of halogens is 3. The van der Waals surface area contributed by atoms with Crippen molar-refractivity contribution < 1.29 is 50.3 Å². The summed E-state index contributed by atoms with van der Waals surface area (Å²) in [6.07, 6.45) is 8.82. The van der Waals surface area contributed by atoms with Gasteiger partial charge in [-0.05, 0) is 93.8 Å². The zero-order valence-corrected chi connectivity index (χ0v) is 40.2. The first-order chi connectivity index (χ1) is 34.9. The van der Waals surface area contributed by atoms with Gasteiger partial charge in [0.2, 0.25) is 17.7 Å². The molecule has 2 aliphatic carbocycles. The summed E-state index contributed by atoms with van der Waals surface area (Å²) in [6, 6.07) is 13.5. The van der Waals surface area contributed by atoms with E-state index in [-0.39, 0.29) is 70.7 Å². The molecule has 3 aliphatic heterocycles. The number of carbonyl (C=O) groups is 5. The van der Waals surface area contributed by atoms with Crippen LogP contribution in [0.3, 0.4) is 0 Å². The first kappa shape index (κ1) is 47.5. The summed E-state index contributed by atoms with van der Waals surface area (Å²) in [7, 11) is -3.36. The monoisotopic (exact) mass is 1020 g/mol. The van der Waals surface area contributed by atoms with E-state index in [2.05, 4.69) is 15.6 Å². The van der Waals surface area contributed by atoms with Crippen molar-refractivity contribution in [3.63, 3.8) is 0 Å². The van der Waals surface area contributed by atoms with E-state index in [1.54, 1.807) is 49.2 Å². The highest BCUT2D eigenvalue weighted by molar-refractivity contribution is 7.93. The van der Waals surface area contributed by atoms with Crippen molar-refractivity contribution >= 4 is 67.7 Å². The SMILES string of the molecule is C[C@H](Oc1cc(-c2nn(C)c3c(-c4cnn(C5CCN(C(=O)C6CC(Nc7cccc8c7C(=O)N(C7CCC(=O)NC7=O)C8=O)C6)C6(CC6)C5)c4)cnc(N)c23)ccc1NS(=O)(=O)C(F)F)c1ccc(F)cc1. The standard InChI is InChI=1S/C50H48F3N11O8S/c1-25(26-6-9-30(51)10-7-26)72-38-20-27(8-11-35(38)60-73(70,71)49(52)53)42-41-43(61(2)59-42)34(23-55-44(41)54)29-22-56-63(24-29)32-14-17-62(50(21-32)15-16-50)46(67)28-18-31(19-28)57-36-5-3-4-33-40(36)48(69)64(47(33)68)37-12-13-39(65)58-45(37)66/h3-11,20,22-25,28,31-32,37,49,57,60H,12-19,21H2,1-2H3,(H2,54,55)(H,58,65,66)/t25-,28?,31?,32?,37?/m0/s1. The van der Waals surface area contributed by atoms with Gasteiger partial charge in [0.25, 0.3) is 21.8 Å². The molecule has 5 aliphatic rings. The molecule has 0 radical (unpaired) electrons. The molecule has 6 aromatic rings. The number of ether oxygens (including phenoxy) is 1. The summed E-state index contributed by atoms with van der Waals surface area (Å²) in [4.78, 5) is 73.0. The van der Waals surface area contributed by atoms with E-state index in [9.17, 15) is 45.6 Å².